The Balaban J connectivity index is 0.00000450. The Morgan fingerprint density at radius 3 is 2.10 bits per heavy atom. The molecule has 1 N–H and O–H groups in total. The standard InChI is InChI=1S/C23H32O5S.Na/c1-2-3-4-5-6-7-8-9-10-13-19-14-11-12-15-21(19)28-22-18-20(24)16-17-23(22)29(25,26)27;/h11-12,14-18,24H,2-10,13H2,1H3,(H,25,26,27);/q;+1/p-1. The molecule has 0 aromatic heterocycles. The summed E-state index contributed by atoms with van der Waals surface area (Å²) in [6.07, 6.45) is 12.0. The van der Waals surface area contributed by atoms with Crippen LogP contribution in [0.2, 0.25) is 0 Å². The van der Waals surface area contributed by atoms with Crippen molar-refractivity contribution in [1.29, 1.82) is 0 Å². The van der Waals surface area contributed by atoms with Gasteiger partial charge in [0.25, 0.3) is 10.1 Å². The van der Waals surface area contributed by atoms with Crippen LogP contribution in [0.4, 0.5) is 0 Å². The summed E-state index contributed by atoms with van der Waals surface area (Å²) in [5.41, 5.74) is 0.952. The molecule has 2 aromatic carbocycles. The SMILES string of the molecule is CCCCCCCCCCCc1ccccc1Oc1cc([O-])ccc1S(=O)(=O)O.[Na+]. The van der Waals surface area contributed by atoms with Crippen molar-refractivity contribution in [2.45, 2.75) is 76.0 Å². The van der Waals surface area contributed by atoms with E-state index in [0.29, 0.717) is 5.75 Å². The van der Waals surface area contributed by atoms with Gasteiger partial charge in [0, 0.05) is 0 Å². The predicted molar refractivity (Wildman–Crippen MR) is 113 cm³/mol. The molecule has 0 aliphatic heterocycles. The molecule has 0 bridgehead atoms. The minimum Gasteiger partial charge on any atom is -0.872 e. The molecule has 0 saturated heterocycles. The van der Waals surface area contributed by atoms with Crippen LogP contribution in [0.25, 0.3) is 0 Å². The van der Waals surface area contributed by atoms with Crippen molar-refractivity contribution in [1.82, 2.24) is 0 Å². The Morgan fingerprint density at radius 1 is 0.867 bits per heavy atom. The van der Waals surface area contributed by atoms with Crippen LogP contribution in [0.15, 0.2) is 47.4 Å². The summed E-state index contributed by atoms with van der Waals surface area (Å²) in [6.45, 7) is 2.22. The zero-order valence-electron chi connectivity index (χ0n) is 18.1. The average Bonchev–Trinajstić information content (AvgIpc) is 2.67. The van der Waals surface area contributed by atoms with Gasteiger partial charge in [0.05, 0.1) is 0 Å². The van der Waals surface area contributed by atoms with Crippen molar-refractivity contribution in [3.8, 4) is 17.2 Å². The topological polar surface area (TPSA) is 86.7 Å². The van der Waals surface area contributed by atoms with E-state index in [-0.39, 0.29) is 41.1 Å². The van der Waals surface area contributed by atoms with Crippen molar-refractivity contribution >= 4 is 10.1 Å². The van der Waals surface area contributed by atoms with Crippen LogP contribution in [0.5, 0.6) is 17.2 Å². The van der Waals surface area contributed by atoms with Gasteiger partial charge in [-0.15, -0.1) is 5.75 Å². The van der Waals surface area contributed by atoms with E-state index in [1.807, 2.05) is 12.1 Å². The number of ether oxygens (including phenoxy) is 1. The van der Waals surface area contributed by atoms with E-state index in [2.05, 4.69) is 6.92 Å². The van der Waals surface area contributed by atoms with Crippen LogP contribution in [0, 0.1) is 0 Å². The second-order valence-electron chi connectivity index (χ2n) is 7.37. The molecule has 2 aromatic rings. The molecule has 0 heterocycles. The van der Waals surface area contributed by atoms with E-state index in [9.17, 15) is 18.1 Å². The quantitative estimate of drug-likeness (QED) is 0.293. The maximum absolute atomic E-state index is 11.6. The van der Waals surface area contributed by atoms with Gasteiger partial charge in [-0.05, 0) is 36.6 Å². The average molecular weight is 443 g/mol. The largest absolute Gasteiger partial charge is 1.00 e. The third kappa shape index (κ3) is 9.40. The number of hydrogen-bond donors (Lipinski definition) is 1. The summed E-state index contributed by atoms with van der Waals surface area (Å²) < 4.78 is 38.3. The first-order chi connectivity index (χ1) is 13.9. The fourth-order valence-electron chi connectivity index (χ4n) is 3.34. The van der Waals surface area contributed by atoms with Gasteiger partial charge in [0.1, 0.15) is 16.4 Å². The normalized spacial score (nSPS) is 11.1. The number of para-hydroxylation sites is 1. The fourth-order valence-corrected chi connectivity index (χ4v) is 3.93. The second-order valence-corrected chi connectivity index (χ2v) is 8.76. The van der Waals surface area contributed by atoms with Crippen molar-refractivity contribution in [3.05, 3.63) is 48.0 Å². The predicted octanol–water partition coefficient (Wildman–Crippen LogP) is 2.88. The Morgan fingerprint density at radius 2 is 1.47 bits per heavy atom. The minimum atomic E-state index is -4.48. The van der Waals surface area contributed by atoms with Crippen molar-refractivity contribution in [2.75, 3.05) is 0 Å². The number of aryl methyl sites for hydroxylation is 1. The molecule has 0 amide bonds. The van der Waals surface area contributed by atoms with Gasteiger partial charge in [0.15, 0.2) is 0 Å². The van der Waals surface area contributed by atoms with Gasteiger partial charge in [-0.2, -0.15) is 8.42 Å². The van der Waals surface area contributed by atoms with E-state index in [0.717, 1.165) is 43.0 Å². The zero-order valence-corrected chi connectivity index (χ0v) is 20.9. The smallest absolute Gasteiger partial charge is 0.872 e. The molecule has 0 atom stereocenters. The Hall–Kier alpha value is -1.05. The molecule has 0 radical (unpaired) electrons. The summed E-state index contributed by atoms with van der Waals surface area (Å²) in [5, 5.41) is 11.6. The minimum absolute atomic E-state index is 0. The first-order valence-electron chi connectivity index (χ1n) is 10.5. The van der Waals surface area contributed by atoms with Crippen molar-refractivity contribution < 1.29 is 52.4 Å². The molecule has 7 heteroatoms. The first-order valence-corrected chi connectivity index (χ1v) is 11.9. The van der Waals surface area contributed by atoms with E-state index in [4.69, 9.17) is 4.74 Å². The van der Waals surface area contributed by atoms with E-state index >= 15 is 0 Å². The number of rotatable bonds is 13. The molecular formula is C23H31NaO5S. The number of unbranched alkanes of at least 4 members (excludes halogenated alkanes) is 8. The fraction of sp³-hybridized carbons (Fsp3) is 0.478. The summed E-state index contributed by atoms with van der Waals surface area (Å²) in [7, 11) is -4.48. The van der Waals surface area contributed by atoms with E-state index < -0.39 is 15.0 Å². The molecule has 0 aliphatic rings. The monoisotopic (exact) mass is 442 g/mol. The van der Waals surface area contributed by atoms with Crippen LogP contribution in [-0.2, 0) is 16.5 Å². The molecule has 0 fully saturated rings. The third-order valence-corrected chi connectivity index (χ3v) is 5.83. The summed E-state index contributed by atoms with van der Waals surface area (Å²) in [4.78, 5) is -0.407. The van der Waals surface area contributed by atoms with Gasteiger partial charge >= 0.3 is 29.6 Å². The van der Waals surface area contributed by atoms with E-state index in [1.54, 1.807) is 12.1 Å². The number of hydrogen-bond acceptors (Lipinski definition) is 4. The molecule has 30 heavy (non-hydrogen) atoms. The zero-order chi connectivity index (χ0) is 21.1. The molecule has 160 valence electrons. The van der Waals surface area contributed by atoms with Crippen LogP contribution >= 0.6 is 0 Å². The van der Waals surface area contributed by atoms with Crippen molar-refractivity contribution in [3.63, 3.8) is 0 Å². The summed E-state index contributed by atoms with van der Waals surface area (Å²) in [6, 6.07) is 10.6. The second kappa shape index (κ2) is 14.1. The molecule has 0 spiro atoms. The maximum atomic E-state index is 11.6. The van der Waals surface area contributed by atoms with Gasteiger partial charge in [-0.25, -0.2) is 0 Å². The van der Waals surface area contributed by atoms with Gasteiger partial charge in [-0.3, -0.25) is 4.55 Å². The maximum Gasteiger partial charge on any atom is 1.00 e. The van der Waals surface area contributed by atoms with Crippen LogP contribution in [0.3, 0.4) is 0 Å². The van der Waals surface area contributed by atoms with Crippen LogP contribution in [0.1, 0.15) is 70.3 Å². The van der Waals surface area contributed by atoms with E-state index in [1.165, 1.54) is 44.9 Å². The molecular weight excluding hydrogens is 411 g/mol. The molecule has 0 aliphatic carbocycles. The Labute approximate surface area is 202 Å². The van der Waals surface area contributed by atoms with Gasteiger partial charge in [-0.1, -0.05) is 82.6 Å². The van der Waals surface area contributed by atoms with Gasteiger partial charge < -0.3 is 9.84 Å². The summed E-state index contributed by atoms with van der Waals surface area (Å²) >= 11 is 0. The third-order valence-electron chi connectivity index (χ3n) is 4.94. The molecule has 2 rings (SSSR count). The molecule has 5 nitrogen and oxygen atoms in total. The van der Waals surface area contributed by atoms with Crippen LogP contribution < -0.4 is 39.4 Å². The summed E-state index contributed by atoms with van der Waals surface area (Å²) in [5.74, 6) is -0.0362. The van der Waals surface area contributed by atoms with Gasteiger partial charge in [0.2, 0.25) is 0 Å². The molecule has 0 unspecified atom stereocenters. The first kappa shape index (κ1) is 27.0. The Bertz CT molecular complexity index is 868. The van der Waals surface area contributed by atoms with Crippen LogP contribution in [-0.4, -0.2) is 13.0 Å². The Kier molecular flexibility index (Phi) is 12.7. The number of benzene rings is 2. The van der Waals surface area contributed by atoms with Crippen molar-refractivity contribution in [2.24, 2.45) is 0 Å². The molecule has 0 saturated carbocycles.